The molecule has 0 heterocycles. The van der Waals surface area contributed by atoms with Gasteiger partial charge in [-0.1, -0.05) is 38.4 Å². The van der Waals surface area contributed by atoms with Crippen molar-refractivity contribution in [1.82, 2.24) is 5.32 Å². The number of rotatable bonds is 7. The Morgan fingerprint density at radius 1 is 1.36 bits per heavy atom. The van der Waals surface area contributed by atoms with Crippen LogP contribution in [0.1, 0.15) is 33.3 Å². The summed E-state index contributed by atoms with van der Waals surface area (Å²) in [5.74, 6) is 0.427. The second-order valence-electron chi connectivity index (χ2n) is 6.92. The molecule has 0 unspecified atom stereocenters. The lowest BCUT2D eigenvalue weighted by molar-refractivity contribution is -0.121. The molecule has 0 bridgehead atoms. The lowest BCUT2D eigenvalue weighted by Crippen LogP contribution is -2.48. The molecule has 0 aromatic heterocycles. The Bertz CT molecular complexity index is 715. The highest BCUT2D eigenvalue weighted by atomic mass is 35.5. The molecular weight excluding hydrogens is 380 g/mol. The van der Waals surface area contributed by atoms with E-state index in [9.17, 15) is 13.2 Å². The Hall–Kier alpha value is -0.920. The summed E-state index contributed by atoms with van der Waals surface area (Å²) in [5.41, 5.74) is 1.15. The molecule has 0 fully saturated rings. The summed E-state index contributed by atoms with van der Waals surface area (Å²) < 4.78 is 25.8. The Kier molecular flexibility index (Phi) is 7.65. The highest BCUT2D eigenvalue weighted by molar-refractivity contribution is 8.00. The van der Waals surface area contributed by atoms with E-state index in [1.165, 1.54) is 0 Å². The zero-order valence-electron chi connectivity index (χ0n) is 15.6. The van der Waals surface area contributed by atoms with Crippen molar-refractivity contribution in [3.05, 3.63) is 28.8 Å². The predicted molar refractivity (Wildman–Crippen MR) is 108 cm³/mol. The van der Waals surface area contributed by atoms with Crippen LogP contribution < -0.4 is 9.62 Å². The predicted octanol–water partition coefficient (Wildman–Crippen LogP) is 3.45. The van der Waals surface area contributed by atoms with Gasteiger partial charge in [0.2, 0.25) is 15.9 Å². The van der Waals surface area contributed by atoms with E-state index in [2.05, 4.69) is 26.1 Å². The first kappa shape index (κ1) is 22.1. The van der Waals surface area contributed by atoms with Crippen molar-refractivity contribution in [1.29, 1.82) is 0 Å². The number of nitrogens with zero attached hydrogens (tertiary/aromatic N) is 1. The smallest absolute Gasteiger partial charge is 0.243 e. The SMILES string of the molecule is Cc1ccc(Cl)cc1N([C@H](C)C(=O)NCCSC(C)(C)C)S(C)(=O)=O. The molecule has 142 valence electrons. The van der Waals surface area contributed by atoms with Crippen molar-refractivity contribution in [3.8, 4) is 0 Å². The molecule has 0 saturated carbocycles. The lowest BCUT2D eigenvalue weighted by Gasteiger charge is -2.29. The molecule has 25 heavy (non-hydrogen) atoms. The van der Waals surface area contributed by atoms with E-state index in [0.29, 0.717) is 17.3 Å². The van der Waals surface area contributed by atoms with Gasteiger partial charge in [0, 0.05) is 22.1 Å². The van der Waals surface area contributed by atoms with Crippen molar-refractivity contribution >= 4 is 45.0 Å². The van der Waals surface area contributed by atoms with Gasteiger partial charge in [0.05, 0.1) is 11.9 Å². The van der Waals surface area contributed by atoms with Gasteiger partial charge in [0.1, 0.15) is 6.04 Å². The molecule has 0 saturated heterocycles. The summed E-state index contributed by atoms with van der Waals surface area (Å²) >= 11 is 7.75. The van der Waals surface area contributed by atoms with E-state index < -0.39 is 16.1 Å². The number of halogens is 1. The fourth-order valence-corrected chi connectivity index (χ4v) is 4.49. The fourth-order valence-electron chi connectivity index (χ4n) is 2.28. The van der Waals surface area contributed by atoms with Crippen molar-refractivity contribution in [2.24, 2.45) is 0 Å². The summed E-state index contributed by atoms with van der Waals surface area (Å²) in [6, 6.07) is 4.12. The van der Waals surface area contributed by atoms with Crippen LogP contribution in [-0.4, -0.2) is 43.7 Å². The number of hydrogen-bond donors (Lipinski definition) is 1. The Balaban J connectivity index is 2.93. The minimum absolute atomic E-state index is 0.118. The summed E-state index contributed by atoms with van der Waals surface area (Å²) in [6.07, 6.45) is 1.09. The second-order valence-corrected chi connectivity index (χ2v) is 11.1. The van der Waals surface area contributed by atoms with Crippen LogP contribution in [0.3, 0.4) is 0 Å². The molecule has 1 atom stereocenters. The van der Waals surface area contributed by atoms with Gasteiger partial charge in [-0.15, -0.1) is 0 Å². The molecule has 0 spiro atoms. The van der Waals surface area contributed by atoms with E-state index >= 15 is 0 Å². The molecule has 0 aliphatic carbocycles. The van der Waals surface area contributed by atoms with Crippen LogP contribution in [0.25, 0.3) is 0 Å². The normalized spacial score (nSPS) is 13.4. The minimum Gasteiger partial charge on any atom is -0.353 e. The third-order valence-corrected chi connectivity index (χ3v) is 6.17. The third kappa shape index (κ3) is 7.07. The van der Waals surface area contributed by atoms with Crippen molar-refractivity contribution < 1.29 is 13.2 Å². The molecule has 0 aliphatic rings. The van der Waals surface area contributed by atoms with E-state index in [-0.39, 0.29) is 10.7 Å². The second kappa shape index (κ2) is 8.64. The first-order valence-electron chi connectivity index (χ1n) is 8.00. The number of carbonyl (C=O) groups is 1. The van der Waals surface area contributed by atoms with Crippen LogP contribution in [0.15, 0.2) is 18.2 Å². The van der Waals surface area contributed by atoms with Crippen LogP contribution in [-0.2, 0) is 14.8 Å². The van der Waals surface area contributed by atoms with Crippen molar-refractivity contribution in [2.45, 2.75) is 45.4 Å². The van der Waals surface area contributed by atoms with Crippen LogP contribution in [0, 0.1) is 6.92 Å². The number of thioether (sulfide) groups is 1. The van der Waals surface area contributed by atoms with Gasteiger partial charge in [-0.05, 0) is 31.5 Å². The molecule has 1 N–H and O–H groups in total. The Morgan fingerprint density at radius 3 is 2.48 bits per heavy atom. The summed E-state index contributed by atoms with van der Waals surface area (Å²) in [4.78, 5) is 12.5. The maximum Gasteiger partial charge on any atom is 0.243 e. The quantitative estimate of drug-likeness (QED) is 0.704. The number of carbonyl (C=O) groups excluding carboxylic acids is 1. The van der Waals surface area contributed by atoms with Gasteiger partial charge in [-0.2, -0.15) is 11.8 Å². The maximum atomic E-state index is 12.5. The monoisotopic (exact) mass is 406 g/mol. The number of sulfonamides is 1. The Morgan fingerprint density at radius 2 is 1.96 bits per heavy atom. The molecule has 8 heteroatoms. The van der Waals surface area contributed by atoms with E-state index in [1.807, 2.05) is 0 Å². The number of amides is 1. The highest BCUT2D eigenvalue weighted by Crippen LogP contribution is 2.28. The van der Waals surface area contributed by atoms with Crippen molar-refractivity contribution in [3.63, 3.8) is 0 Å². The third-order valence-electron chi connectivity index (χ3n) is 3.43. The minimum atomic E-state index is -3.65. The molecule has 5 nitrogen and oxygen atoms in total. The topological polar surface area (TPSA) is 66.5 Å². The number of hydrogen-bond acceptors (Lipinski definition) is 4. The van der Waals surface area contributed by atoms with E-state index in [4.69, 9.17) is 11.6 Å². The maximum absolute atomic E-state index is 12.5. The summed E-state index contributed by atoms with van der Waals surface area (Å²) in [6.45, 7) is 10.2. The molecule has 1 aromatic rings. The average molecular weight is 407 g/mol. The van der Waals surface area contributed by atoms with Crippen LogP contribution in [0.4, 0.5) is 5.69 Å². The number of aryl methyl sites for hydroxylation is 1. The standard InChI is InChI=1S/C17H27ClN2O3S2/c1-12-7-8-14(18)11-15(12)20(25(6,22)23)13(2)16(21)19-9-10-24-17(3,4)5/h7-8,11,13H,9-10H2,1-6H3,(H,19,21)/t13-/m1/s1. The number of nitrogens with one attached hydrogen (secondary N) is 1. The van der Waals surface area contributed by atoms with Crippen LogP contribution in [0.5, 0.6) is 0 Å². The van der Waals surface area contributed by atoms with Gasteiger partial charge < -0.3 is 5.32 Å². The lowest BCUT2D eigenvalue weighted by atomic mass is 10.2. The highest BCUT2D eigenvalue weighted by Gasteiger charge is 2.30. The van der Waals surface area contributed by atoms with Crippen molar-refractivity contribution in [2.75, 3.05) is 22.9 Å². The zero-order chi connectivity index (χ0) is 19.4. The molecule has 1 rings (SSSR count). The summed E-state index contributed by atoms with van der Waals surface area (Å²) in [7, 11) is -3.65. The van der Waals surface area contributed by atoms with E-state index in [0.717, 1.165) is 21.9 Å². The van der Waals surface area contributed by atoms with Gasteiger partial charge in [-0.25, -0.2) is 8.42 Å². The number of anilines is 1. The molecule has 1 amide bonds. The van der Waals surface area contributed by atoms with Gasteiger partial charge in [-0.3, -0.25) is 9.10 Å². The van der Waals surface area contributed by atoms with Crippen LogP contribution >= 0.6 is 23.4 Å². The first-order chi connectivity index (χ1) is 11.3. The largest absolute Gasteiger partial charge is 0.353 e. The fraction of sp³-hybridized carbons (Fsp3) is 0.588. The Labute approximate surface area is 160 Å². The molecule has 0 radical (unpaired) electrons. The zero-order valence-corrected chi connectivity index (χ0v) is 18.0. The molecule has 0 aliphatic heterocycles. The number of benzene rings is 1. The van der Waals surface area contributed by atoms with Gasteiger partial charge in [0.15, 0.2) is 0 Å². The average Bonchev–Trinajstić information content (AvgIpc) is 2.44. The van der Waals surface area contributed by atoms with Gasteiger partial charge in [0.25, 0.3) is 0 Å². The van der Waals surface area contributed by atoms with Crippen LogP contribution in [0.2, 0.25) is 5.02 Å². The molecular formula is C17H27ClN2O3S2. The van der Waals surface area contributed by atoms with Gasteiger partial charge >= 0.3 is 0 Å². The first-order valence-corrected chi connectivity index (χ1v) is 11.2. The van der Waals surface area contributed by atoms with E-state index in [1.54, 1.807) is 43.8 Å². The molecule has 1 aromatic carbocycles. The summed E-state index contributed by atoms with van der Waals surface area (Å²) in [5, 5.41) is 3.23.